The summed E-state index contributed by atoms with van der Waals surface area (Å²) >= 11 is 0. The van der Waals surface area contributed by atoms with Gasteiger partial charge in [0.1, 0.15) is 90.0 Å². The highest BCUT2D eigenvalue weighted by molar-refractivity contribution is 6.01. The van der Waals surface area contributed by atoms with E-state index >= 15 is 19.2 Å². The van der Waals surface area contributed by atoms with Crippen LogP contribution in [-0.2, 0) is 89.6 Å². The number of nitrogens with zero attached hydrogens (tertiary/aromatic N) is 5. The number of guanidine groups is 2. The minimum absolute atomic E-state index is 0.0118. The number of amides is 14. The molecule has 25 N–H and O–H groups in total. The normalized spacial score (nSPS) is 18.4. The summed E-state index contributed by atoms with van der Waals surface area (Å²) < 4.78 is 0. The van der Waals surface area contributed by atoms with Crippen LogP contribution in [0.1, 0.15) is 175 Å². The van der Waals surface area contributed by atoms with E-state index in [-0.39, 0.29) is 177 Å². The van der Waals surface area contributed by atoms with Crippen LogP contribution in [0.25, 0.3) is 0 Å². The molecule has 41 heteroatoms. The number of aliphatic imine (C=N–C) groups is 2. The van der Waals surface area contributed by atoms with E-state index < -0.39 is 192 Å². The second kappa shape index (κ2) is 48.3. The van der Waals surface area contributed by atoms with Crippen molar-refractivity contribution in [1.82, 2.24) is 73.2 Å². The van der Waals surface area contributed by atoms with Crippen LogP contribution in [0.15, 0.2) is 58.5 Å². The molecule has 0 bridgehead atoms. The Labute approximate surface area is 702 Å². The SMILES string of the molecule is CC[C@H](C)[C@H](NC(=O)[C@H](Cc1ccc(O)cc1)NC(=O)[C@@H]1CCCN1C(=O)[C@H](CCCN=C(N)N)NC(=O)[C@H](CCCN1CCN=C1N)NC(=O)[C@@H]1CCCN1C(=O)[C@H](CCCCN)NC(=O)[C@H](CC(N)=O)NC(=O)[C@H](CCC(=O)O)NC(=O)[C@H](Cc1ccc(O)cc1)NC(=O)[C@H](CC(C)C)NC(=O)[C@@H]1CCC(=O)N1)C(=O)N[C@@H](CC(C)C)C(=O)O. The van der Waals surface area contributed by atoms with Crippen LogP contribution < -0.4 is 87.2 Å². The standard InChI is InChI=1S/C80H123N21O20/c1-7-45(6)65(75(117)97-59(78(120)121)39-44(4)5)98-72(114)57(41-47-21-25-49(103)26-22-47)96-74(116)61-18-13-36-101(61)77(119)54(15-10-32-86-79(83)84)91-66(108)50(16-11-34-99-37-33-87-80(99)85)90-73(115)60-17-12-35-100(60)76(118)53(14-8-9-31-81)92-71(113)58(42-62(82)104)95-68(110)52(28-30-64(106)107)89-70(112)56(40-46-19-23-48(102)24-20-46)94-69(111)55(38-43(2)3)93-67(109)51-27-29-63(105)88-51/h19-26,43-45,50-61,65,102-103H,7-18,27-42,81H2,1-6H3,(H2,82,104)(H2,85,87)(H,88,105)(H,89,112)(H,90,115)(H,91,108)(H,92,113)(H,93,109)(H,94,111)(H,95,110)(H,96,116)(H,97,117)(H,98,114)(H,106,107)(H,120,121)(H4,83,84,86)/t45-,50-,51-,52-,53-,54-,55-,56-,57-,58-,59-,60-,61-,65-/m0/s1. The van der Waals surface area contributed by atoms with E-state index in [2.05, 4.69) is 68.5 Å². The number of unbranched alkanes of at least 4 members (excludes halogenated alkanes) is 1. The van der Waals surface area contributed by atoms with Crippen molar-refractivity contribution in [3.8, 4) is 11.5 Å². The van der Waals surface area contributed by atoms with Crippen LogP contribution in [0.5, 0.6) is 11.5 Å². The average molecular weight is 1700 g/mol. The number of rotatable bonds is 50. The molecule has 2 aromatic carbocycles. The van der Waals surface area contributed by atoms with E-state index in [1.165, 1.54) is 58.3 Å². The minimum atomic E-state index is -1.92. The Balaban J connectivity index is 1.25. The molecule has 4 heterocycles. The molecule has 0 saturated carbocycles. The van der Waals surface area contributed by atoms with Crippen LogP contribution in [-0.4, -0.2) is 266 Å². The van der Waals surface area contributed by atoms with Gasteiger partial charge in [-0.3, -0.25) is 81.9 Å². The molecule has 4 aliphatic rings. The average Bonchev–Trinajstić information content (AvgIpc) is 1.72. The van der Waals surface area contributed by atoms with Gasteiger partial charge in [-0.15, -0.1) is 0 Å². The van der Waals surface area contributed by atoms with Gasteiger partial charge in [0, 0.05) is 58.4 Å². The molecule has 14 amide bonds. The molecular weight excluding hydrogens is 1580 g/mol. The van der Waals surface area contributed by atoms with E-state index in [0.717, 1.165) is 0 Å². The molecule has 0 aromatic heterocycles. The number of carboxylic acid groups (broad SMARTS) is 2. The Kier molecular flexibility index (Phi) is 39.1. The lowest BCUT2D eigenvalue weighted by atomic mass is 9.96. The van der Waals surface area contributed by atoms with Crippen LogP contribution in [0.4, 0.5) is 0 Å². The van der Waals surface area contributed by atoms with Gasteiger partial charge < -0.3 is 122 Å². The number of aliphatic carboxylic acids is 2. The van der Waals surface area contributed by atoms with Crippen LogP contribution in [0.3, 0.4) is 0 Å². The maximum Gasteiger partial charge on any atom is 0.326 e. The van der Waals surface area contributed by atoms with Crippen molar-refractivity contribution in [2.75, 3.05) is 45.8 Å². The molecule has 3 fully saturated rings. The third-order valence-electron chi connectivity index (χ3n) is 21.4. The fraction of sp³-hybridized carbons (Fsp3) is 0.625. The third kappa shape index (κ3) is 31.6. The van der Waals surface area contributed by atoms with Gasteiger partial charge in [0.05, 0.1) is 13.0 Å². The van der Waals surface area contributed by atoms with Crippen molar-refractivity contribution in [3.63, 3.8) is 0 Å². The minimum Gasteiger partial charge on any atom is -0.508 e. The second-order valence-electron chi connectivity index (χ2n) is 32.0. The summed E-state index contributed by atoms with van der Waals surface area (Å²) in [6.07, 6.45) is -1.04. The topological polar surface area (TPSA) is 651 Å². The molecule has 0 radical (unpaired) electrons. The van der Waals surface area contributed by atoms with Gasteiger partial charge in [-0.1, -0.05) is 72.2 Å². The number of phenolic OH excluding ortho intramolecular Hbond substituents is 2. The van der Waals surface area contributed by atoms with Crippen molar-refractivity contribution < 1.29 is 97.1 Å². The van der Waals surface area contributed by atoms with Crippen LogP contribution >= 0.6 is 0 Å². The highest BCUT2D eigenvalue weighted by atomic mass is 16.4. The first kappa shape index (κ1) is 97.9. The predicted octanol–water partition coefficient (Wildman–Crippen LogP) is -3.45. The fourth-order valence-corrected chi connectivity index (χ4v) is 14.7. The monoisotopic (exact) mass is 1700 g/mol. The van der Waals surface area contributed by atoms with E-state index in [1.54, 1.807) is 46.4 Å². The van der Waals surface area contributed by atoms with E-state index in [9.17, 15) is 78.0 Å². The number of benzene rings is 2. The van der Waals surface area contributed by atoms with Gasteiger partial charge in [-0.2, -0.15) is 0 Å². The summed E-state index contributed by atoms with van der Waals surface area (Å²) in [6.45, 7) is 11.7. The lowest BCUT2D eigenvalue weighted by Gasteiger charge is -2.32. The van der Waals surface area contributed by atoms with E-state index in [4.69, 9.17) is 28.7 Å². The number of phenols is 2. The Morgan fingerprint density at radius 2 is 0.983 bits per heavy atom. The summed E-state index contributed by atoms with van der Waals surface area (Å²) in [5.74, 6) is -15.9. The maximum atomic E-state index is 15.2. The van der Waals surface area contributed by atoms with Gasteiger partial charge in [-0.05, 0) is 156 Å². The number of nitrogens with two attached hydrogens (primary N) is 5. The number of nitrogens with one attached hydrogen (secondary N) is 11. The Bertz CT molecular complexity index is 4010. The van der Waals surface area contributed by atoms with Gasteiger partial charge in [0.15, 0.2) is 11.9 Å². The lowest BCUT2D eigenvalue weighted by Crippen LogP contribution is -2.61. The maximum absolute atomic E-state index is 15.2. The molecule has 0 aliphatic carbocycles. The number of carbonyl (C=O) groups excluding carboxylic acids is 14. The summed E-state index contributed by atoms with van der Waals surface area (Å²) in [4.78, 5) is 237. The molecular formula is C80H123N21O20. The fourth-order valence-electron chi connectivity index (χ4n) is 14.7. The predicted molar refractivity (Wildman–Crippen MR) is 440 cm³/mol. The first-order valence-electron chi connectivity index (χ1n) is 41.4. The Morgan fingerprint density at radius 1 is 0.529 bits per heavy atom. The number of likely N-dealkylation sites (tertiary alicyclic amines) is 2. The molecule has 3 saturated heterocycles. The zero-order valence-electron chi connectivity index (χ0n) is 69.6. The molecule has 0 spiro atoms. The van der Waals surface area contributed by atoms with Crippen LogP contribution in [0, 0.1) is 17.8 Å². The lowest BCUT2D eigenvalue weighted by molar-refractivity contribution is -0.144. The van der Waals surface area contributed by atoms with Crippen molar-refractivity contribution in [3.05, 3.63) is 59.7 Å². The summed E-state index contributed by atoms with van der Waals surface area (Å²) in [5.41, 5.74) is 29.9. The molecule has 14 atom stereocenters. The molecule has 121 heavy (non-hydrogen) atoms. The van der Waals surface area contributed by atoms with Crippen molar-refractivity contribution >= 4 is 107 Å². The summed E-state index contributed by atoms with van der Waals surface area (Å²) in [6, 6.07) is -7.19. The highest BCUT2D eigenvalue weighted by Crippen LogP contribution is 2.25. The first-order valence-corrected chi connectivity index (χ1v) is 41.4. The second-order valence-corrected chi connectivity index (χ2v) is 32.0. The number of carboxylic acids is 2. The number of hydrogen-bond donors (Lipinski definition) is 20. The van der Waals surface area contributed by atoms with Crippen molar-refractivity contribution in [1.29, 1.82) is 0 Å². The molecule has 2 aromatic rings. The molecule has 41 nitrogen and oxygen atoms in total. The highest BCUT2D eigenvalue weighted by Gasteiger charge is 2.44. The third-order valence-corrected chi connectivity index (χ3v) is 21.4. The zero-order valence-corrected chi connectivity index (χ0v) is 69.6. The largest absolute Gasteiger partial charge is 0.508 e. The quantitative estimate of drug-likeness (QED) is 0.0174. The molecule has 0 unspecified atom stereocenters. The van der Waals surface area contributed by atoms with E-state index in [0.29, 0.717) is 37.1 Å². The summed E-state index contributed by atoms with van der Waals surface area (Å²) in [7, 11) is 0. The zero-order chi connectivity index (χ0) is 89.3. The van der Waals surface area contributed by atoms with Crippen molar-refractivity contribution in [2.45, 2.75) is 255 Å². The number of primary amides is 1. The smallest absolute Gasteiger partial charge is 0.326 e. The van der Waals surface area contributed by atoms with Crippen LogP contribution in [0.2, 0.25) is 0 Å². The number of aromatic hydroxyl groups is 2. The van der Waals surface area contributed by atoms with Crippen molar-refractivity contribution in [2.24, 2.45) is 56.4 Å². The molecule has 668 valence electrons. The van der Waals surface area contributed by atoms with Gasteiger partial charge in [0.25, 0.3) is 0 Å². The first-order chi connectivity index (χ1) is 57.4. The van der Waals surface area contributed by atoms with E-state index in [1.807, 2.05) is 0 Å². The molecule has 4 aliphatic heterocycles. The number of hydrogen-bond acceptors (Lipinski definition) is 23. The number of carbonyl (C=O) groups is 16. The Hall–Kier alpha value is -11.9. The van der Waals surface area contributed by atoms with Gasteiger partial charge in [-0.25, -0.2) is 4.79 Å². The van der Waals surface area contributed by atoms with Gasteiger partial charge in [0.2, 0.25) is 82.7 Å². The summed E-state index contributed by atoms with van der Waals surface area (Å²) in [5, 5.41) is 69.0. The molecule has 6 rings (SSSR count). The van der Waals surface area contributed by atoms with Gasteiger partial charge >= 0.3 is 11.9 Å². The Morgan fingerprint density at radius 3 is 1.47 bits per heavy atom.